The number of benzene rings is 2. The fourth-order valence-electron chi connectivity index (χ4n) is 4.52. The van der Waals surface area contributed by atoms with Gasteiger partial charge in [-0.15, -0.1) is 0 Å². The molecule has 0 radical (unpaired) electrons. The van der Waals surface area contributed by atoms with Crippen LogP contribution >= 0.6 is 11.3 Å². The van der Waals surface area contributed by atoms with Crippen LogP contribution in [0.1, 0.15) is 17.0 Å². The van der Waals surface area contributed by atoms with Crippen LogP contribution in [0, 0.1) is 0 Å². The number of carbonyl (C=O) groups is 1. The quantitative estimate of drug-likeness (QED) is 0.121. The number of alkyl halides is 5. The Balaban J connectivity index is 1.32. The van der Waals surface area contributed by atoms with Gasteiger partial charge in [-0.25, -0.2) is 0 Å². The molecule has 2 aromatic heterocycles. The third kappa shape index (κ3) is 7.65. The van der Waals surface area contributed by atoms with Gasteiger partial charge in [-0.05, 0) is 5.56 Å². The summed E-state index contributed by atoms with van der Waals surface area (Å²) >= 11 is 0.312. The van der Waals surface area contributed by atoms with Crippen molar-refractivity contribution in [3.8, 4) is 10.7 Å². The molecule has 0 bridgehead atoms. The molecule has 4 aromatic rings. The van der Waals surface area contributed by atoms with E-state index in [-0.39, 0.29) is 22.8 Å². The summed E-state index contributed by atoms with van der Waals surface area (Å²) < 4.78 is 65.2. The van der Waals surface area contributed by atoms with Gasteiger partial charge in [0, 0.05) is 0 Å². The number of rotatable bonds is 9. The number of halogens is 5. The zero-order chi connectivity index (χ0) is 29.0. The molecule has 1 fully saturated rings. The number of ether oxygens (including phenoxy) is 1. The standard InChI is InChI=1S/C27H28F4IN6O2S/c1-37-11-10-20(19(28)14-37)32-34-21-8-5-9-22-18(21)12-23(38(22)16-27(29,30)31)25-36-35-24(41-25)13-33-26(39)40-15-17-6-3-2-4-7-17/h2-9,12,19-20,34H,10-11,13-16H2,1H3,(H,33,39)/q-1/t19-,20+/m0/s1. The molecule has 1 aliphatic rings. The van der Waals surface area contributed by atoms with Gasteiger partial charge < -0.3 is 0 Å². The van der Waals surface area contributed by atoms with Gasteiger partial charge in [-0.3, -0.25) is 0 Å². The summed E-state index contributed by atoms with van der Waals surface area (Å²) in [5, 5.41) is 12.1. The van der Waals surface area contributed by atoms with Gasteiger partial charge in [0.2, 0.25) is 0 Å². The maximum absolute atomic E-state index is 14.6. The maximum atomic E-state index is 14.6. The van der Waals surface area contributed by atoms with Crippen molar-refractivity contribution in [2.24, 2.45) is 0 Å². The fraction of sp³-hybridized carbons (Fsp3) is 0.370. The van der Waals surface area contributed by atoms with Crippen LogP contribution in [0.3, 0.4) is 0 Å². The number of alkyl carbamates (subject to hydrolysis) is 1. The molecule has 3 heterocycles. The summed E-state index contributed by atoms with van der Waals surface area (Å²) in [6.07, 6.45) is -5.29. The average molecular weight is 704 g/mol. The van der Waals surface area contributed by atoms with E-state index in [1.807, 2.05) is 48.3 Å². The summed E-state index contributed by atoms with van der Waals surface area (Å²) in [4.78, 5) is 14.1. The molecule has 5 rings (SSSR count). The number of fused-ring (bicyclic) bond motifs is 1. The summed E-state index contributed by atoms with van der Waals surface area (Å²) in [5.74, 6) is 0. The average Bonchev–Trinajstić information content (AvgIpc) is 3.55. The van der Waals surface area contributed by atoms with Crippen molar-refractivity contribution < 1.29 is 48.6 Å². The van der Waals surface area contributed by atoms with Crippen molar-refractivity contribution in [1.29, 1.82) is 0 Å². The van der Waals surface area contributed by atoms with Gasteiger partial charge >= 0.3 is 207 Å². The van der Waals surface area contributed by atoms with Crippen LogP contribution in [0.25, 0.3) is 21.6 Å². The molecule has 0 aliphatic carbocycles. The number of hydrogen-bond acceptors (Lipinski definition) is 7. The fourth-order valence-corrected chi connectivity index (χ4v) is 7.74. The zero-order valence-electron chi connectivity index (χ0n) is 22.0. The van der Waals surface area contributed by atoms with E-state index >= 15 is 0 Å². The molecular weight excluding hydrogens is 675 g/mol. The SMILES string of the molecule is CN1CC[C@@H]([I-]Nc2cccc3c2cc(-c2nnc(CNC(=O)OCc4ccccc4)s2)n3CC(F)(F)F)[C@@H](F)C1. The molecule has 0 unspecified atom stereocenters. The molecule has 0 spiro atoms. The zero-order valence-corrected chi connectivity index (χ0v) is 25.0. The van der Waals surface area contributed by atoms with E-state index in [1.54, 1.807) is 18.2 Å². The van der Waals surface area contributed by atoms with Crippen LogP contribution in [-0.2, 0) is 24.4 Å². The second-order valence-corrected chi connectivity index (χ2v) is 13.5. The first kappa shape index (κ1) is 29.5. The van der Waals surface area contributed by atoms with Crippen LogP contribution in [-0.4, -0.2) is 62.2 Å². The number of likely N-dealkylation sites (tertiary alicyclic amines) is 1. The van der Waals surface area contributed by atoms with Gasteiger partial charge in [0.15, 0.2) is 0 Å². The Morgan fingerprint density at radius 2 is 1.98 bits per heavy atom. The molecule has 2 N–H and O–H groups in total. The first-order valence-corrected chi connectivity index (χ1v) is 16.0. The summed E-state index contributed by atoms with van der Waals surface area (Å²) in [6.45, 7) is 0.130. The van der Waals surface area contributed by atoms with E-state index < -0.39 is 46.5 Å². The van der Waals surface area contributed by atoms with Crippen molar-refractivity contribution in [1.82, 2.24) is 25.0 Å². The summed E-state index contributed by atoms with van der Waals surface area (Å²) in [7, 11) is 1.90. The molecular formula is C27H28F4IN6O2S-. The number of amides is 1. The molecule has 220 valence electrons. The Bertz CT molecular complexity index is 1480. The minimum absolute atomic E-state index is 0.0169. The molecule has 1 amide bonds. The number of anilines is 1. The predicted octanol–water partition coefficient (Wildman–Crippen LogP) is 2.61. The number of nitrogens with one attached hydrogen (secondary N) is 2. The van der Waals surface area contributed by atoms with Crippen LogP contribution in [0.5, 0.6) is 0 Å². The predicted molar refractivity (Wildman–Crippen MR) is 145 cm³/mol. The second kappa shape index (κ2) is 12.9. The second-order valence-electron chi connectivity index (χ2n) is 9.67. The van der Waals surface area contributed by atoms with E-state index in [9.17, 15) is 22.4 Å². The normalized spacial score (nSPS) is 18.1. The Morgan fingerprint density at radius 1 is 1.17 bits per heavy atom. The molecule has 8 nitrogen and oxygen atoms in total. The van der Waals surface area contributed by atoms with Crippen molar-refractivity contribution in [2.75, 3.05) is 23.7 Å². The van der Waals surface area contributed by atoms with E-state index in [1.165, 1.54) is 4.57 Å². The molecule has 1 aliphatic heterocycles. The number of aromatic nitrogens is 3. The van der Waals surface area contributed by atoms with Gasteiger partial charge in [-0.2, -0.15) is 0 Å². The molecule has 2 aromatic carbocycles. The van der Waals surface area contributed by atoms with E-state index in [0.717, 1.165) is 29.9 Å². The third-order valence-corrected chi connectivity index (χ3v) is 10.6. The summed E-state index contributed by atoms with van der Waals surface area (Å²) in [5.41, 5.74) is 2.18. The minimum atomic E-state index is -4.47. The molecule has 14 heteroatoms. The monoisotopic (exact) mass is 703 g/mol. The van der Waals surface area contributed by atoms with Gasteiger partial charge in [-0.1, -0.05) is 30.3 Å². The van der Waals surface area contributed by atoms with Crippen molar-refractivity contribution >= 4 is 34.0 Å². The third-order valence-electron chi connectivity index (χ3n) is 6.53. The Kier molecular flexibility index (Phi) is 9.28. The number of nitrogens with zero attached hydrogens (tertiary/aromatic N) is 4. The van der Waals surface area contributed by atoms with E-state index in [4.69, 9.17) is 4.74 Å². The number of piperidine rings is 1. The van der Waals surface area contributed by atoms with Crippen LogP contribution in [0.2, 0.25) is 0 Å². The Morgan fingerprint density at radius 3 is 2.73 bits per heavy atom. The Labute approximate surface area is 248 Å². The Hall–Kier alpha value is -2.98. The first-order valence-electron chi connectivity index (χ1n) is 12.8. The van der Waals surface area contributed by atoms with Crippen LogP contribution < -0.4 is 30.3 Å². The molecule has 1 saturated heterocycles. The van der Waals surface area contributed by atoms with E-state index in [0.29, 0.717) is 33.2 Å². The van der Waals surface area contributed by atoms with Crippen LogP contribution in [0.4, 0.5) is 28.0 Å². The number of hydrogen-bond donors (Lipinski definition) is 2. The van der Waals surface area contributed by atoms with Crippen LogP contribution in [0.15, 0.2) is 54.6 Å². The van der Waals surface area contributed by atoms with Crippen molar-refractivity contribution in [2.45, 2.75) is 42.4 Å². The molecule has 41 heavy (non-hydrogen) atoms. The van der Waals surface area contributed by atoms with Crippen molar-refractivity contribution in [3.63, 3.8) is 0 Å². The number of carbonyl (C=O) groups excluding carboxylic acids is 1. The van der Waals surface area contributed by atoms with Gasteiger partial charge in [0.25, 0.3) is 0 Å². The first-order chi connectivity index (χ1) is 19.7. The van der Waals surface area contributed by atoms with Crippen molar-refractivity contribution in [3.05, 3.63) is 65.2 Å². The molecule has 0 saturated carbocycles. The summed E-state index contributed by atoms with van der Waals surface area (Å²) in [6, 6.07) is 16.0. The van der Waals surface area contributed by atoms with Gasteiger partial charge in [0.05, 0.1) is 0 Å². The molecule has 2 atom stereocenters. The van der Waals surface area contributed by atoms with E-state index in [2.05, 4.69) is 19.0 Å². The topological polar surface area (TPSA) is 84.3 Å². The van der Waals surface area contributed by atoms with Gasteiger partial charge in [0.1, 0.15) is 6.61 Å².